The standard InChI is InChI=1S/C16H24O4/c1-4-5-13-11-16(17,6-7-20-13)12-8-14(18-2)10-15(9-12)19-3/h8-10,13,17H,4-7,11H2,1-3H3. The SMILES string of the molecule is CCCC1CC(O)(c2cc(OC)cc(OC)c2)CCO1. The molecule has 1 heterocycles. The Morgan fingerprint density at radius 1 is 1.25 bits per heavy atom. The summed E-state index contributed by atoms with van der Waals surface area (Å²) in [5, 5.41) is 11.0. The van der Waals surface area contributed by atoms with Crippen molar-refractivity contribution in [3.63, 3.8) is 0 Å². The van der Waals surface area contributed by atoms with Crippen LogP contribution in [0.3, 0.4) is 0 Å². The molecule has 1 aromatic rings. The molecule has 0 aliphatic carbocycles. The van der Waals surface area contributed by atoms with Gasteiger partial charge in [-0.1, -0.05) is 13.3 Å². The minimum absolute atomic E-state index is 0.121. The van der Waals surface area contributed by atoms with E-state index in [-0.39, 0.29) is 6.10 Å². The summed E-state index contributed by atoms with van der Waals surface area (Å²) >= 11 is 0. The molecule has 1 saturated heterocycles. The largest absolute Gasteiger partial charge is 0.497 e. The molecule has 4 heteroatoms. The molecule has 0 amide bonds. The first-order valence-electron chi connectivity index (χ1n) is 7.19. The highest BCUT2D eigenvalue weighted by Gasteiger charge is 2.36. The van der Waals surface area contributed by atoms with Gasteiger partial charge in [0.15, 0.2) is 0 Å². The summed E-state index contributed by atoms with van der Waals surface area (Å²) in [5.74, 6) is 1.40. The third-order valence-electron chi connectivity index (χ3n) is 3.93. The van der Waals surface area contributed by atoms with Gasteiger partial charge in [-0.2, -0.15) is 0 Å². The van der Waals surface area contributed by atoms with Crippen LogP contribution in [0.5, 0.6) is 11.5 Å². The molecule has 2 unspecified atom stereocenters. The lowest BCUT2D eigenvalue weighted by atomic mass is 9.82. The third kappa shape index (κ3) is 3.25. The Morgan fingerprint density at radius 2 is 1.90 bits per heavy atom. The van der Waals surface area contributed by atoms with Gasteiger partial charge in [0.25, 0.3) is 0 Å². The molecule has 0 radical (unpaired) electrons. The normalized spacial score (nSPS) is 26.3. The lowest BCUT2D eigenvalue weighted by Crippen LogP contribution is -2.38. The average molecular weight is 280 g/mol. The molecular weight excluding hydrogens is 256 g/mol. The van der Waals surface area contributed by atoms with Crippen molar-refractivity contribution in [2.75, 3.05) is 20.8 Å². The summed E-state index contributed by atoms with van der Waals surface area (Å²) in [6.07, 6.45) is 3.38. The number of aliphatic hydroxyl groups is 1. The number of hydrogen-bond donors (Lipinski definition) is 1. The highest BCUT2D eigenvalue weighted by atomic mass is 16.5. The quantitative estimate of drug-likeness (QED) is 0.901. The smallest absolute Gasteiger partial charge is 0.122 e. The summed E-state index contributed by atoms with van der Waals surface area (Å²) in [5.41, 5.74) is -0.0157. The Bertz CT molecular complexity index is 422. The molecule has 2 atom stereocenters. The van der Waals surface area contributed by atoms with Crippen LogP contribution in [0.15, 0.2) is 18.2 Å². The van der Waals surface area contributed by atoms with Gasteiger partial charge in [-0.3, -0.25) is 0 Å². The second-order valence-electron chi connectivity index (χ2n) is 5.37. The van der Waals surface area contributed by atoms with E-state index in [1.807, 2.05) is 18.2 Å². The fourth-order valence-corrected chi connectivity index (χ4v) is 2.78. The van der Waals surface area contributed by atoms with Crippen LogP contribution in [0.4, 0.5) is 0 Å². The van der Waals surface area contributed by atoms with Gasteiger partial charge in [-0.25, -0.2) is 0 Å². The summed E-state index contributed by atoms with van der Waals surface area (Å²) in [7, 11) is 3.24. The molecular formula is C16H24O4. The molecule has 1 N–H and O–H groups in total. The summed E-state index contributed by atoms with van der Waals surface area (Å²) < 4.78 is 16.3. The van der Waals surface area contributed by atoms with Crippen LogP contribution in [0.1, 0.15) is 38.2 Å². The maximum Gasteiger partial charge on any atom is 0.122 e. The monoisotopic (exact) mass is 280 g/mol. The number of methoxy groups -OCH3 is 2. The molecule has 1 fully saturated rings. The van der Waals surface area contributed by atoms with Crippen LogP contribution in [0, 0.1) is 0 Å². The number of hydrogen-bond acceptors (Lipinski definition) is 4. The highest BCUT2D eigenvalue weighted by molar-refractivity contribution is 5.41. The van der Waals surface area contributed by atoms with E-state index in [9.17, 15) is 5.11 Å². The highest BCUT2D eigenvalue weighted by Crippen LogP contribution is 2.39. The van der Waals surface area contributed by atoms with Crippen molar-refractivity contribution in [1.29, 1.82) is 0 Å². The first kappa shape index (κ1) is 15.1. The van der Waals surface area contributed by atoms with E-state index in [0.717, 1.165) is 18.4 Å². The topological polar surface area (TPSA) is 47.9 Å². The van der Waals surface area contributed by atoms with Gasteiger partial charge in [0.05, 0.1) is 32.5 Å². The van der Waals surface area contributed by atoms with E-state index in [0.29, 0.717) is 30.9 Å². The third-order valence-corrected chi connectivity index (χ3v) is 3.93. The van der Waals surface area contributed by atoms with Crippen LogP contribution in [0.25, 0.3) is 0 Å². The lowest BCUT2D eigenvalue weighted by molar-refractivity contribution is -0.110. The lowest BCUT2D eigenvalue weighted by Gasteiger charge is -2.37. The van der Waals surface area contributed by atoms with Crippen LogP contribution in [0.2, 0.25) is 0 Å². The molecule has 1 aliphatic rings. The predicted octanol–water partition coefficient (Wildman–Crippen LogP) is 2.87. The summed E-state index contributed by atoms with van der Waals surface area (Å²) in [6.45, 7) is 2.71. The fraction of sp³-hybridized carbons (Fsp3) is 0.625. The first-order valence-corrected chi connectivity index (χ1v) is 7.19. The Morgan fingerprint density at radius 3 is 2.45 bits per heavy atom. The molecule has 4 nitrogen and oxygen atoms in total. The van der Waals surface area contributed by atoms with Gasteiger partial charge in [0, 0.05) is 18.9 Å². The van der Waals surface area contributed by atoms with Gasteiger partial charge >= 0.3 is 0 Å². The van der Waals surface area contributed by atoms with E-state index < -0.39 is 5.60 Å². The minimum atomic E-state index is -0.861. The van der Waals surface area contributed by atoms with Gasteiger partial charge < -0.3 is 19.3 Å². The summed E-state index contributed by atoms with van der Waals surface area (Å²) in [4.78, 5) is 0. The summed E-state index contributed by atoms with van der Waals surface area (Å²) in [6, 6.07) is 5.59. The van der Waals surface area contributed by atoms with Crippen molar-refractivity contribution < 1.29 is 19.3 Å². The maximum atomic E-state index is 11.0. The number of rotatable bonds is 5. The molecule has 2 rings (SSSR count). The van der Waals surface area contributed by atoms with E-state index in [1.165, 1.54) is 0 Å². The second-order valence-corrected chi connectivity index (χ2v) is 5.37. The van der Waals surface area contributed by atoms with Gasteiger partial charge in [0.1, 0.15) is 11.5 Å². The Kier molecular flexibility index (Phi) is 4.89. The Labute approximate surface area is 120 Å². The van der Waals surface area contributed by atoms with E-state index in [4.69, 9.17) is 14.2 Å². The number of benzene rings is 1. The Balaban J connectivity index is 2.28. The van der Waals surface area contributed by atoms with Crippen LogP contribution in [-0.2, 0) is 10.3 Å². The second kappa shape index (κ2) is 6.46. The zero-order chi connectivity index (χ0) is 14.6. The van der Waals surface area contributed by atoms with E-state index in [1.54, 1.807) is 14.2 Å². The van der Waals surface area contributed by atoms with Crippen LogP contribution >= 0.6 is 0 Å². The van der Waals surface area contributed by atoms with E-state index >= 15 is 0 Å². The molecule has 0 bridgehead atoms. The first-order chi connectivity index (χ1) is 9.61. The Hall–Kier alpha value is -1.26. The molecule has 1 aromatic carbocycles. The van der Waals surface area contributed by atoms with Crippen molar-refractivity contribution in [2.24, 2.45) is 0 Å². The molecule has 0 spiro atoms. The number of ether oxygens (including phenoxy) is 3. The van der Waals surface area contributed by atoms with Crippen LogP contribution < -0.4 is 9.47 Å². The average Bonchev–Trinajstić information content (AvgIpc) is 2.47. The van der Waals surface area contributed by atoms with Gasteiger partial charge in [-0.15, -0.1) is 0 Å². The van der Waals surface area contributed by atoms with Crippen LogP contribution in [-0.4, -0.2) is 32.0 Å². The fourth-order valence-electron chi connectivity index (χ4n) is 2.78. The van der Waals surface area contributed by atoms with Crippen molar-refractivity contribution in [2.45, 2.75) is 44.3 Å². The molecule has 1 aliphatic heterocycles. The maximum absolute atomic E-state index is 11.0. The minimum Gasteiger partial charge on any atom is -0.497 e. The zero-order valence-electron chi connectivity index (χ0n) is 12.5. The molecule has 0 aromatic heterocycles. The van der Waals surface area contributed by atoms with Crippen molar-refractivity contribution in [3.05, 3.63) is 23.8 Å². The van der Waals surface area contributed by atoms with E-state index in [2.05, 4.69) is 6.92 Å². The molecule has 0 saturated carbocycles. The van der Waals surface area contributed by atoms with Crippen molar-refractivity contribution in [1.82, 2.24) is 0 Å². The predicted molar refractivity (Wildman–Crippen MR) is 77.3 cm³/mol. The molecule has 112 valence electrons. The zero-order valence-corrected chi connectivity index (χ0v) is 12.5. The molecule has 20 heavy (non-hydrogen) atoms. The van der Waals surface area contributed by atoms with Crippen molar-refractivity contribution >= 4 is 0 Å². The van der Waals surface area contributed by atoms with Gasteiger partial charge in [0.2, 0.25) is 0 Å². The van der Waals surface area contributed by atoms with Gasteiger partial charge in [-0.05, 0) is 24.1 Å². The van der Waals surface area contributed by atoms with Crippen molar-refractivity contribution in [3.8, 4) is 11.5 Å².